The van der Waals surface area contributed by atoms with Crippen LogP contribution in [0.15, 0.2) is 29.7 Å². The molecule has 0 bridgehead atoms. The number of piperidine rings is 1. The summed E-state index contributed by atoms with van der Waals surface area (Å²) in [5.74, 6) is 1.14. The van der Waals surface area contributed by atoms with Crippen molar-refractivity contribution in [3.05, 3.63) is 34.5 Å². The largest absolute Gasteiger partial charge is 0.356 e. The van der Waals surface area contributed by atoms with E-state index in [2.05, 4.69) is 39.9 Å². The fraction of sp³-hybridized carbons (Fsp3) is 0.611. The summed E-state index contributed by atoms with van der Waals surface area (Å²) in [5, 5.41) is 5.34. The summed E-state index contributed by atoms with van der Waals surface area (Å²) in [6, 6.07) is 4.35. The number of nitrogens with one attached hydrogen (secondary N) is 1. The van der Waals surface area contributed by atoms with Gasteiger partial charge in [0.1, 0.15) is 0 Å². The van der Waals surface area contributed by atoms with Crippen molar-refractivity contribution in [2.75, 3.05) is 19.6 Å². The minimum atomic E-state index is 0.212. The SMILES string of the molecule is O=C(NCC1CCN(Cc2cccs2)CC1)[C@H]1CC=CCC1. The molecule has 4 heteroatoms. The Labute approximate surface area is 137 Å². The lowest BCUT2D eigenvalue weighted by molar-refractivity contribution is -0.125. The molecule has 0 aromatic carbocycles. The van der Waals surface area contributed by atoms with E-state index in [0.717, 1.165) is 45.4 Å². The first-order chi connectivity index (χ1) is 10.8. The summed E-state index contributed by atoms with van der Waals surface area (Å²) in [6.45, 7) is 4.27. The Balaban J connectivity index is 1.35. The lowest BCUT2D eigenvalue weighted by Gasteiger charge is -2.32. The summed E-state index contributed by atoms with van der Waals surface area (Å²) >= 11 is 1.84. The molecular formula is C18H26N2OS. The zero-order chi connectivity index (χ0) is 15.2. The standard InChI is InChI=1S/C18H26N2OS/c21-18(16-5-2-1-3-6-16)19-13-15-8-10-20(11-9-15)14-17-7-4-12-22-17/h1-2,4,7,12,15-16H,3,5-6,8-11,13-14H2,(H,19,21)/t16-/m0/s1. The molecule has 3 rings (SSSR count). The lowest BCUT2D eigenvalue weighted by Crippen LogP contribution is -2.40. The van der Waals surface area contributed by atoms with E-state index < -0.39 is 0 Å². The second kappa shape index (κ2) is 7.93. The number of hydrogen-bond donors (Lipinski definition) is 1. The Morgan fingerprint density at radius 3 is 2.82 bits per heavy atom. The molecule has 2 aliphatic rings. The van der Waals surface area contributed by atoms with Crippen LogP contribution in [0.3, 0.4) is 0 Å². The molecule has 1 atom stereocenters. The van der Waals surface area contributed by atoms with Gasteiger partial charge < -0.3 is 5.32 Å². The number of allylic oxidation sites excluding steroid dienone is 2. The van der Waals surface area contributed by atoms with E-state index in [-0.39, 0.29) is 11.8 Å². The first-order valence-electron chi connectivity index (χ1n) is 8.48. The van der Waals surface area contributed by atoms with E-state index in [9.17, 15) is 4.79 Å². The van der Waals surface area contributed by atoms with E-state index >= 15 is 0 Å². The predicted molar refractivity (Wildman–Crippen MR) is 91.8 cm³/mol. The summed E-state index contributed by atoms with van der Waals surface area (Å²) in [5.41, 5.74) is 0. The molecule has 22 heavy (non-hydrogen) atoms. The predicted octanol–water partition coefficient (Wildman–Crippen LogP) is 3.43. The van der Waals surface area contributed by atoms with E-state index in [4.69, 9.17) is 0 Å². The van der Waals surface area contributed by atoms with Crippen LogP contribution in [0.5, 0.6) is 0 Å². The van der Waals surface area contributed by atoms with Gasteiger partial charge in [-0.2, -0.15) is 0 Å². The number of carbonyl (C=O) groups excluding carboxylic acids is 1. The summed E-state index contributed by atoms with van der Waals surface area (Å²) in [7, 11) is 0. The molecule has 1 aromatic heterocycles. The number of nitrogens with zero attached hydrogens (tertiary/aromatic N) is 1. The summed E-state index contributed by atoms with van der Waals surface area (Å²) in [6.07, 6.45) is 9.74. The number of hydrogen-bond acceptors (Lipinski definition) is 3. The average molecular weight is 318 g/mol. The van der Waals surface area contributed by atoms with Gasteiger partial charge in [-0.3, -0.25) is 9.69 Å². The fourth-order valence-electron chi connectivity index (χ4n) is 3.39. The van der Waals surface area contributed by atoms with E-state index in [1.54, 1.807) is 0 Å². The third-order valence-corrected chi connectivity index (χ3v) is 5.73. The van der Waals surface area contributed by atoms with Crippen molar-refractivity contribution in [1.29, 1.82) is 0 Å². The van der Waals surface area contributed by atoms with Gasteiger partial charge in [0, 0.05) is 23.9 Å². The Kier molecular flexibility index (Phi) is 5.68. The van der Waals surface area contributed by atoms with Crippen LogP contribution in [0.4, 0.5) is 0 Å². The Morgan fingerprint density at radius 1 is 1.27 bits per heavy atom. The van der Waals surface area contributed by atoms with Crippen LogP contribution < -0.4 is 5.32 Å². The minimum absolute atomic E-state index is 0.212. The fourth-order valence-corrected chi connectivity index (χ4v) is 4.14. The zero-order valence-electron chi connectivity index (χ0n) is 13.2. The highest BCUT2D eigenvalue weighted by Crippen LogP contribution is 2.21. The molecule has 1 saturated heterocycles. The molecule has 0 radical (unpaired) electrons. The molecule has 1 N–H and O–H groups in total. The van der Waals surface area contributed by atoms with E-state index in [1.165, 1.54) is 17.7 Å². The smallest absolute Gasteiger partial charge is 0.223 e. The van der Waals surface area contributed by atoms with Gasteiger partial charge in [0.25, 0.3) is 0 Å². The van der Waals surface area contributed by atoms with Crippen LogP contribution >= 0.6 is 11.3 Å². The molecule has 3 nitrogen and oxygen atoms in total. The van der Waals surface area contributed by atoms with Crippen LogP contribution in [0.2, 0.25) is 0 Å². The van der Waals surface area contributed by atoms with Crippen LogP contribution in [0.1, 0.15) is 37.0 Å². The summed E-state index contributed by atoms with van der Waals surface area (Å²) in [4.78, 5) is 16.2. The molecule has 0 unspecified atom stereocenters. The molecule has 120 valence electrons. The normalized spacial score (nSPS) is 23.5. The van der Waals surface area contributed by atoms with Crippen molar-refractivity contribution in [3.8, 4) is 0 Å². The van der Waals surface area contributed by atoms with Crippen molar-refractivity contribution in [3.63, 3.8) is 0 Å². The quantitative estimate of drug-likeness (QED) is 0.844. The van der Waals surface area contributed by atoms with Gasteiger partial charge >= 0.3 is 0 Å². The second-order valence-corrected chi connectivity index (χ2v) is 7.56. The van der Waals surface area contributed by atoms with Gasteiger partial charge in [0.15, 0.2) is 0 Å². The highest BCUT2D eigenvalue weighted by Gasteiger charge is 2.22. The van der Waals surface area contributed by atoms with Crippen LogP contribution in [-0.2, 0) is 11.3 Å². The number of rotatable bonds is 5. The Hall–Kier alpha value is -1.13. The third-order valence-electron chi connectivity index (χ3n) is 4.87. The minimum Gasteiger partial charge on any atom is -0.356 e. The molecule has 1 aromatic rings. The molecule has 1 fully saturated rings. The topological polar surface area (TPSA) is 32.3 Å². The van der Waals surface area contributed by atoms with Crippen LogP contribution in [0.25, 0.3) is 0 Å². The number of thiophene rings is 1. The molecule has 0 saturated carbocycles. The number of likely N-dealkylation sites (tertiary alicyclic amines) is 1. The lowest BCUT2D eigenvalue weighted by atomic mass is 9.92. The maximum atomic E-state index is 12.2. The molecule has 0 spiro atoms. The van der Waals surface area contributed by atoms with Crippen LogP contribution in [-0.4, -0.2) is 30.4 Å². The van der Waals surface area contributed by atoms with Crippen molar-refractivity contribution >= 4 is 17.2 Å². The highest BCUT2D eigenvalue weighted by molar-refractivity contribution is 7.09. The molecule has 1 aliphatic heterocycles. The van der Waals surface area contributed by atoms with Crippen molar-refractivity contribution in [1.82, 2.24) is 10.2 Å². The molecule has 2 heterocycles. The maximum absolute atomic E-state index is 12.2. The first kappa shape index (κ1) is 15.8. The van der Waals surface area contributed by atoms with Gasteiger partial charge in [-0.15, -0.1) is 11.3 Å². The number of amides is 1. The van der Waals surface area contributed by atoms with E-state index in [1.807, 2.05) is 11.3 Å². The highest BCUT2D eigenvalue weighted by atomic mass is 32.1. The monoisotopic (exact) mass is 318 g/mol. The maximum Gasteiger partial charge on any atom is 0.223 e. The zero-order valence-corrected chi connectivity index (χ0v) is 14.0. The van der Waals surface area contributed by atoms with Gasteiger partial charge in [-0.25, -0.2) is 0 Å². The van der Waals surface area contributed by atoms with Gasteiger partial charge in [0.2, 0.25) is 5.91 Å². The first-order valence-corrected chi connectivity index (χ1v) is 9.36. The van der Waals surface area contributed by atoms with E-state index in [0.29, 0.717) is 5.92 Å². The second-order valence-electron chi connectivity index (χ2n) is 6.53. The Morgan fingerprint density at radius 2 is 2.14 bits per heavy atom. The molecule has 1 aliphatic carbocycles. The average Bonchev–Trinajstić information content (AvgIpc) is 3.08. The number of carbonyl (C=O) groups is 1. The van der Waals surface area contributed by atoms with Crippen molar-refractivity contribution in [2.45, 2.75) is 38.6 Å². The van der Waals surface area contributed by atoms with Gasteiger partial charge in [-0.1, -0.05) is 18.2 Å². The van der Waals surface area contributed by atoms with Crippen LogP contribution in [0, 0.1) is 11.8 Å². The summed E-state index contributed by atoms with van der Waals surface area (Å²) < 4.78 is 0. The van der Waals surface area contributed by atoms with Crippen molar-refractivity contribution in [2.24, 2.45) is 11.8 Å². The Bertz CT molecular complexity index is 489. The van der Waals surface area contributed by atoms with Gasteiger partial charge in [-0.05, 0) is 62.6 Å². The molecule has 1 amide bonds. The van der Waals surface area contributed by atoms with Crippen molar-refractivity contribution < 1.29 is 4.79 Å². The van der Waals surface area contributed by atoms with Gasteiger partial charge in [0.05, 0.1) is 0 Å². The molecular weight excluding hydrogens is 292 g/mol. The third kappa shape index (κ3) is 4.43.